The number of nitrogens with zero attached hydrogens (tertiary/aromatic N) is 2. The van der Waals surface area contributed by atoms with Gasteiger partial charge in [0.15, 0.2) is 0 Å². The van der Waals surface area contributed by atoms with Gasteiger partial charge in [0.05, 0.1) is 18.1 Å². The van der Waals surface area contributed by atoms with Crippen molar-refractivity contribution >= 4 is 28.8 Å². The largest absolute Gasteiger partial charge is 0.487 e. The lowest BCUT2D eigenvalue weighted by Crippen LogP contribution is -2.28. The van der Waals surface area contributed by atoms with E-state index in [1.165, 1.54) is 0 Å². The zero-order chi connectivity index (χ0) is 20.3. The number of hydrogen-bond donors (Lipinski definition) is 0. The number of hydrazone groups is 1. The zero-order valence-electron chi connectivity index (χ0n) is 16.8. The molecular weight excluding hydrogens is 364 g/mol. The lowest BCUT2D eigenvalue weighted by atomic mass is 9.85. The Bertz CT molecular complexity index is 1050. The van der Waals surface area contributed by atoms with Crippen molar-refractivity contribution in [2.45, 2.75) is 32.8 Å². The van der Waals surface area contributed by atoms with Gasteiger partial charge in [-0.15, -0.1) is 0 Å². The van der Waals surface area contributed by atoms with E-state index in [-0.39, 0.29) is 41.1 Å². The Kier molecular flexibility index (Phi) is 3.92. The van der Waals surface area contributed by atoms with Crippen molar-refractivity contribution in [2.75, 3.05) is 0 Å². The van der Waals surface area contributed by atoms with Crippen LogP contribution in [0.3, 0.4) is 0 Å². The summed E-state index contributed by atoms with van der Waals surface area (Å²) in [6, 6.07) is 11.9. The lowest BCUT2D eigenvalue weighted by molar-refractivity contribution is -0.140. The molecule has 0 radical (unpaired) electrons. The predicted molar refractivity (Wildman–Crippen MR) is 111 cm³/mol. The minimum absolute atomic E-state index is 0.174. The summed E-state index contributed by atoms with van der Waals surface area (Å²) >= 11 is 0. The molecule has 2 aromatic carbocycles. The summed E-state index contributed by atoms with van der Waals surface area (Å²) in [4.78, 5) is 25.8. The lowest BCUT2D eigenvalue weighted by Gasteiger charge is -2.23. The molecule has 0 spiro atoms. The first kappa shape index (κ1) is 18.1. The number of amides is 2. The van der Waals surface area contributed by atoms with Crippen molar-refractivity contribution in [2.24, 2.45) is 28.8 Å². The zero-order valence-corrected chi connectivity index (χ0v) is 16.8. The molecule has 1 saturated heterocycles. The Morgan fingerprint density at radius 1 is 1.00 bits per heavy atom. The highest BCUT2D eigenvalue weighted by atomic mass is 16.5. The Morgan fingerprint density at radius 2 is 1.66 bits per heavy atom. The van der Waals surface area contributed by atoms with Gasteiger partial charge in [0.25, 0.3) is 11.8 Å². The van der Waals surface area contributed by atoms with Crippen molar-refractivity contribution < 1.29 is 14.3 Å². The van der Waals surface area contributed by atoms with Crippen molar-refractivity contribution in [1.29, 1.82) is 0 Å². The third-order valence-corrected chi connectivity index (χ3v) is 6.10. The van der Waals surface area contributed by atoms with Gasteiger partial charge in [-0.25, -0.2) is 0 Å². The monoisotopic (exact) mass is 388 g/mol. The molecule has 3 aliphatic rings. The fraction of sp³-hybridized carbons (Fsp3) is 0.375. The molecule has 4 unspecified atom stereocenters. The summed E-state index contributed by atoms with van der Waals surface area (Å²) in [5.41, 5.74) is 0.392. The van der Waals surface area contributed by atoms with Crippen molar-refractivity contribution in [1.82, 2.24) is 5.01 Å². The van der Waals surface area contributed by atoms with Crippen LogP contribution >= 0.6 is 0 Å². The summed E-state index contributed by atoms with van der Waals surface area (Å²) in [5, 5.41) is 7.49. The summed E-state index contributed by atoms with van der Waals surface area (Å²) < 4.78 is 6.14. The Morgan fingerprint density at radius 3 is 2.31 bits per heavy atom. The van der Waals surface area contributed by atoms with Crippen LogP contribution < -0.4 is 4.74 Å². The predicted octanol–water partition coefficient (Wildman–Crippen LogP) is 4.16. The van der Waals surface area contributed by atoms with E-state index in [0.29, 0.717) is 5.75 Å². The highest BCUT2D eigenvalue weighted by Crippen LogP contribution is 2.52. The van der Waals surface area contributed by atoms with E-state index in [9.17, 15) is 9.59 Å². The number of hydrogen-bond acceptors (Lipinski definition) is 4. The topological polar surface area (TPSA) is 59.0 Å². The van der Waals surface area contributed by atoms with Crippen LogP contribution in [-0.2, 0) is 9.59 Å². The number of fused-ring (bicyclic) bond motifs is 6. The second-order valence-electron chi connectivity index (χ2n) is 9.15. The van der Waals surface area contributed by atoms with Crippen LogP contribution in [0.1, 0.15) is 32.8 Å². The fourth-order valence-electron chi connectivity index (χ4n) is 4.94. The maximum atomic E-state index is 12.9. The molecule has 2 amide bonds. The van der Waals surface area contributed by atoms with Crippen LogP contribution in [0.5, 0.6) is 5.75 Å². The van der Waals surface area contributed by atoms with Gasteiger partial charge in [-0.05, 0) is 55.9 Å². The first-order valence-electron chi connectivity index (χ1n) is 10.1. The van der Waals surface area contributed by atoms with Crippen LogP contribution in [-0.4, -0.2) is 28.6 Å². The average molecular weight is 388 g/mol. The number of allylic oxidation sites excluding steroid dienone is 2. The third kappa shape index (κ3) is 2.87. The Hall–Kier alpha value is -2.95. The van der Waals surface area contributed by atoms with Gasteiger partial charge in [-0.2, -0.15) is 10.1 Å². The van der Waals surface area contributed by atoms with E-state index in [2.05, 4.69) is 17.3 Å². The van der Waals surface area contributed by atoms with Crippen LogP contribution in [0, 0.1) is 23.7 Å². The first-order valence-corrected chi connectivity index (χ1v) is 10.1. The SMILES string of the molecule is CC(C)(C)Oc1ccc2ccccc2c1C=NN1C(=O)C2C3C=CC(C3)C2C1=O. The van der Waals surface area contributed by atoms with Crippen LogP contribution in [0.2, 0.25) is 0 Å². The summed E-state index contributed by atoms with van der Waals surface area (Å²) in [6.45, 7) is 5.96. The fourth-order valence-corrected chi connectivity index (χ4v) is 4.94. The second-order valence-corrected chi connectivity index (χ2v) is 9.15. The van der Waals surface area contributed by atoms with Gasteiger partial charge in [0.2, 0.25) is 0 Å². The van der Waals surface area contributed by atoms with Gasteiger partial charge >= 0.3 is 0 Å². The van der Waals surface area contributed by atoms with E-state index >= 15 is 0 Å². The molecule has 2 aliphatic carbocycles. The van der Waals surface area contributed by atoms with Crippen LogP contribution in [0.15, 0.2) is 53.7 Å². The van der Waals surface area contributed by atoms with E-state index in [1.54, 1.807) is 6.21 Å². The van der Waals surface area contributed by atoms with Crippen LogP contribution in [0.4, 0.5) is 0 Å². The van der Waals surface area contributed by atoms with E-state index in [4.69, 9.17) is 4.74 Å². The van der Waals surface area contributed by atoms with Crippen molar-refractivity contribution in [3.63, 3.8) is 0 Å². The quantitative estimate of drug-likeness (QED) is 0.451. The molecule has 148 valence electrons. The molecule has 2 fully saturated rings. The smallest absolute Gasteiger partial charge is 0.254 e. The first-order chi connectivity index (χ1) is 13.8. The molecule has 1 heterocycles. The molecule has 2 bridgehead atoms. The molecule has 5 heteroatoms. The molecular formula is C24H24N2O3. The molecule has 5 rings (SSSR count). The molecule has 1 aliphatic heterocycles. The number of rotatable bonds is 3. The highest BCUT2D eigenvalue weighted by molar-refractivity contribution is 6.08. The van der Waals surface area contributed by atoms with Gasteiger partial charge in [0, 0.05) is 5.56 Å². The van der Waals surface area contributed by atoms with E-state index in [1.807, 2.05) is 57.2 Å². The van der Waals surface area contributed by atoms with Gasteiger partial charge in [-0.1, -0.05) is 42.5 Å². The molecule has 0 N–H and O–H groups in total. The van der Waals surface area contributed by atoms with Gasteiger partial charge < -0.3 is 4.74 Å². The molecule has 1 saturated carbocycles. The Balaban J connectivity index is 1.53. The second kappa shape index (κ2) is 6.28. The normalized spacial score (nSPS) is 28.2. The summed E-state index contributed by atoms with van der Waals surface area (Å²) in [7, 11) is 0. The number of carbonyl (C=O) groups is 2. The van der Waals surface area contributed by atoms with Gasteiger partial charge in [0.1, 0.15) is 11.4 Å². The molecule has 5 nitrogen and oxygen atoms in total. The summed E-state index contributed by atoms with van der Waals surface area (Å²) in [5.74, 6) is 0.206. The minimum atomic E-state index is -0.383. The van der Waals surface area contributed by atoms with Crippen molar-refractivity contribution in [3.8, 4) is 5.75 Å². The number of carbonyl (C=O) groups excluding carboxylic acids is 2. The average Bonchev–Trinajstić information content (AvgIpc) is 3.35. The van der Waals surface area contributed by atoms with E-state index in [0.717, 1.165) is 27.8 Å². The van der Waals surface area contributed by atoms with E-state index < -0.39 is 0 Å². The molecule has 0 aromatic heterocycles. The minimum Gasteiger partial charge on any atom is -0.487 e. The van der Waals surface area contributed by atoms with Crippen molar-refractivity contribution in [3.05, 3.63) is 54.1 Å². The van der Waals surface area contributed by atoms with Crippen LogP contribution in [0.25, 0.3) is 10.8 Å². The maximum absolute atomic E-state index is 12.9. The highest BCUT2D eigenvalue weighted by Gasteiger charge is 2.59. The number of ether oxygens (including phenoxy) is 1. The molecule has 2 aromatic rings. The van der Waals surface area contributed by atoms with Gasteiger partial charge in [-0.3, -0.25) is 9.59 Å². The summed E-state index contributed by atoms with van der Waals surface area (Å²) in [6.07, 6.45) is 6.70. The standard InChI is InChI=1S/C24H24N2O3/c1-24(2,3)29-19-11-10-14-6-4-5-7-17(14)18(19)13-25-26-22(27)20-15-8-9-16(12-15)21(20)23(26)28/h4-11,13,15-16,20-21H,12H2,1-3H3. The molecule has 29 heavy (non-hydrogen) atoms. The number of imide groups is 1. The number of benzene rings is 2. The molecule has 4 atom stereocenters. The Labute approximate surface area is 170 Å². The maximum Gasteiger partial charge on any atom is 0.254 e. The third-order valence-electron chi connectivity index (χ3n) is 6.10.